The van der Waals surface area contributed by atoms with Crippen molar-refractivity contribution in [3.8, 4) is 0 Å². The summed E-state index contributed by atoms with van der Waals surface area (Å²) in [6, 6.07) is -0.330. The minimum Gasteiger partial charge on any atom is -0.480 e. The second kappa shape index (κ2) is 6.02. The molecule has 0 aromatic carbocycles. The topological polar surface area (TPSA) is 49.3 Å². The van der Waals surface area contributed by atoms with Crippen LogP contribution in [-0.2, 0) is 4.79 Å². The van der Waals surface area contributed by atoms with Crippen LogP contribution < -0.4 is 5.32 Å². The van der Waals surface area contributed by atoms with E-state index >= 15 is 0 Å². The highest BCUT2D eigenvalue weighted by Gasteiger charge is 2.22. The van der Waals surface area contributed by atoms with Crippen molar-refractivity contribution in [2.45, 2.75) is 51.5 Å². The summed E-state index contributed by atoms with van der Waals surface area (Å²) >= 11 is 0. The number of carboxylic acids is 1. The van der Waals surface area contributed by atoms with Crippen molar-refractivity contribution in [1.82, 2.24) is 5.32 Å². The quantitative estimate of drug-likeness (QED) is 0.712. The maximum absolute atomic E-state index is 10.9. The largest absolute Gasteiger partial charge is 0.480 e. The van der Waals surface area contributed by atoms with Crippen LogP contribution in [0, 0.1) is 5.92 Å². The Morgan fingerprint density at radius 3 is 2.57 bits per heavy atom. The number of nitrogens with one attached hydrogen (secondary N) is 1. The van der Waals surface area contributed by atoms with Gasteiger partial charge < -0.3 is 10.4 Å². The van der Waals surface area contributed by atoms with Crippen LogP contribution in [0.25, 0.3) is 0 Å². The summed E-state index contributed by atoms with van der Waals surface area (Å²) in [5, 5.41) is 12.0. The molecule has 1 unspecified atom stereocenters. The lowest BCUT2D eigenvalue weighted by atomic mass is 9.85. The van der Waals surface area contributed by atoms with Crippen molar-refractivity contribution >= 4 is 5.97 Å². The smallest absolute Gasteiger partial charge is 0.320 e. The summed E-state index contributed by atoms with van der Waals surface area (Å²) in [5.41, 5.74) is 0. The van der Waals surface area contributed by atoms with Crippen LogP contribution in [0.2, 0.25) is 0 Å². The lowest BCUT2D eigenvalue weighted by Gasteiger charge is -2.24. The van der Waals surface area contributed by atoms with E-state index < -0.39 is 5.97 Å². The number of carboxylic acid groups (broad SMARTS) is 1. The molecular formula is C11H21NO2. The van der Waals surface area contributed by atoms with Gasteiger partial charge in [-0.1, -0.05) is 39.0 Å². The maximum atomic E-state index is 10.9. The SMILES string of the molecule is CCNC(CC1CCCCC1)C(=O)O. The predicted molar refractivity (Wildman–Crippen MR) is 56.3 cm³/mol. The van der Waals surface area contributed by atoms with E-state index in [9.17, 15) is 4.79 Å². The molecule has 0 saturated heterocycles. The highest BCUT2D eigenvalue weighted by molar-refractivity contribution is 5.73. The molecule has 1 saturated carbocycles. The Balaban J connectivity index is 2.33. The summed E-state index contributed by atoms with van der Waals surface area (Å²) < 4.78 is 0. The van der Waals surface area contributed by atoms with Gasteiger partial charge in [-0.05, 0) is 18.9 Å². The van der Waals surface area contributed by atoms with Gasteiger partial charge in [0.05, 0.1) is 0 Å². The lowest BCUT2D eigenvalue weighted by Crippen LogP contribution is -2.38. The minimum atomic E-state index is -0.697. The normalized spacial score (nSPS) is 20.6. The molecule has 1 atom stereocenters. The van der Waals surface area contributed by atoms with Crippen LogP contribution in [0.4, 0.5) is 0 Å². The second-order valence-electron chi connectivity index (χ2n) is 4.19. The molecule has 0 heterocycles. The predicted octanol–water partition coefficient (Wildman–Crippen LogP) is 2.02. The van der Waals surface area contributed by atoms with E-state index in [2.05, 4.69) is 5.32 Å². The number of likely N-dealkylation sites (N-methyl/N-ethyl adjacent to an activating group) is 1. The van der Waals surface area contributed by atoms with Crippen molar-refractivity contribution in [3.63, 3.8) is 0 Å². The fourth-order valence-corrected chi connectivity index (χ4v) is 2.27. The highest BCUT2D eigenvalue weighted by Crippen LogP contribution is 2.27. The van der Waals surface area contributed by atoms with Gasteiger partial charge in [-0.25, -0.2) is 0 Å². The summed E-state index contributed by atoms with van der Waals surface area (Å²) in [7, 11) is 0. The van der Waals surface area contributed by atoms with Crippen LogP contribution in [-0.4, -0.2) is 23.7 Å². The van der Waals surface area contributed by atoms with E-state index in [1.807, 2.05) is 6.92 Å². The molecule has 0 amide bonds. The third-order valence-electron chi connectivity index (χ3n) is 3.04. The van der Waals surface area contributed by atoms with Gasteiger partial charge in [-0.3, -0.25) is 4.79 Å². The molecule has 0 aromatic rings. The maximum Gasteiger partial charge on any atom is 0.320 e. The first-order chi connectivity index (χ1) is 6.74. The molecule has 0 bridgehead atoms. The van der Waals surface area contributed by atoms with Gasteiger partial charge in [0.1, 0.15) is 6.04 Å². The Labute approximate surface area is 85.9 Å². The van der Waals surface area contributed by atoms with E-state index in [0.29, 0.717) is 5.92 Å². The van der Waals surface area contributed by atoms with E-state index in [1.54, 1.807) is 0 Å². The van der Waals surface area contributed by atoms with Gasteiger partial charge in [0.15, 0.2) is 0 Å². The molecule has 2 N–H and O–H groups in total. The molecule has 1 rings (SSSR count). The zero-order valence-electron chi connectivity index (χ0n) is 8.96. The Morgan fingerprint density at radius 2 is 2.07 bits per heavy atom. The molecule has 0 radical (unpaired) electrons. The molecule has 0 aliphatic heterocycles. The molecule has 1 aliphatic carbocycles. The minimum absolute atomic E-state index is 0.330. The first kappa shape index (κ1) is 11.5. The van der Waals surface area contributed by atoms with E-state index in [1.165, 1.54) is 32.1 Å². The van der Waals surface area contributed by atoms with Crippen LogP contribution in [0.5, 0.6) is 0 Å². The molecule has 0 aromatic heterocycles. The Hall–Kier alpha value is -0.570. The molecule has 14 heavy (non-hydrogen) atoms. The van der Waals surface area contributed by atoms with Crippen LogP contribution in [0.15, 0.2) is 0 Å². The Bertz CT molecular complexity index is 176. The number of hydrogen-bond donors (Lipinski definition) is 2. The van der Waals surface area contributed by atoms with Crippen molar-refractivity contribution in [3.05, 3.63) is 0 Å². The molecule has 1 aliphatic rings. The lowest BCUT2D eigenvalue weighted by molar-refractivity contribution is -0.140. The van der Waals surface area contributed by atoms with Gasteiger partial charge in [-0.2, -0.15) is 0 Å². The van der Waals surface area contributed by atoms with E-state index in [0.717, 1.165) is 13.0 Å². The van der Waals surface area contributed by atoms with E-state index in [-0.39, 0.29) is 6.04 Å². The summed E-state index contributed by atoms with van der Waals surface area (Å²) in [5.74, 6) is -0.0682. The van der Waals surface area contributed by atoms with Crippen LogP contribution in [0.3, 0.4) is 0 Å². The average molecular weight is 199 g/mol. The van der Waals surface area contributed by atoms with Gasteiger partial charge >= 0.3 is 5.97 Å². The van der Waals surface area contributed by atoms with Crippen molar-refractivity contribution < 1.29 is 9.90 Å². The summed E-state index contributed by atoms with van der Waals surface area (Å²) in [4.78, 5) is 10.9. The molecule has 82 valence electrons. The first-order valence-corrected chi connectivity index (χ1v) is 5.70. The molecule has 3 nitrogen and oxygen atoms in total. The Morgan fingerprint density at radius 1 is 1.43 bits per heavy atom. The fourth-order valence-electron chi connectivity index (χ4n) is 2.27. The average Bonchev–Trinajstić information content (AvgIpc) is 2.18. The Kier molecular flexibility index (Phi) is 4.94. The zero-order valence-corrected chi connectivity index (χ0v) is 8.96. The fraction of sp³-hybridized carbons (Fsp3) is 0.909. The summed E-state index contributed by atoms with van der Waals surface area (Å²) in [6.07, 6.45) is 7.13. The molecule has 0 spiro atoms. The zero-order chi connectivity index (χ0) is 10.4. The van der Waals surface area contributed by atoms with Crippen molar-refractivity contribution in [1.29, 1.82) is 0 Å². The second-order valence-corrected chi connectivity index (χ2v) is 4.19. The molecule has 1 fully saturated rings. The van der Waals surface area contributed by atoms with Gasteiger partial charge in [0, 0.05) is 0 Å². The first-order valence-electron chi connectivity index (χ1n) is 5.70. The third kappa shape index (κ3) is 3.66. The van der Waals surface area contributed by atoms with Crippen LogP contribution in [0.1, 0.15) is 45.4 Å². The van der Waals surface area contributed by atoms with Crippen molar-refractivity contribution in [2.24, 2.45) is 5.92 Å². The van der Waals surface area contributed by atoms with Gasteiger partial charge in [0.25, 0.3) is 0 Å². The van der Waals surface area contributed by atoms with E-state index in [4.69, 9.17) is 5.11 Å². The third-order valence-corrected chi connectivity index (χ3v) is 3.04. The highest BCUT2D eigenvalue weighted by atomic mass is 16.4. The van der Waals surface area contributed by atoms with Crippen LogP contribution >= 0.6 is 0 Å². The number of hydrogen-bond acceptors (Lipinski definition) is 2. The number of rotatable bonds is 5. The van der Waals surface area contributed by atoms with Gasteiger partial charge in [0.2, 0.25) is 0 Å². The molecular weight excluding hydrogens is 178 g/mol. The number of carbonyl (C=O) groups is 1. The molecule has 3 heteroatoms. The van der Waals surface area contributed by atoms with Crippen molar-refractivity contribution in [2.75, 3.05) is 6.54 Å². The standard InChI is InChI=1S/C11H21NO2/c1-2-12-10(11(13)14)8-9-6-4-3-5-7-9/h9-10,12H,2-8H2,1H3,(H,13,14). The number of aliphatic carboxylic acids is 1. The summed E-state index contributed by atoms with van der Waals surface area (Å²) in [6.45, 7) is 2.69. The monoisotopic (exact) mass is 199 g/mol. The van der Waals surface area contributed by atoms with Gasteiger partial charge in [-0.15, -0.1) is 0 Å².